The maximum Gasteiger partial charge on any atom is 0.154 e. The molecule has 2 aromatic rings. The third-order valence-electron chi connectivity index (χ3n) is 3.57. The molecule has 0 unspecified atom stereocenters. The van der Waals surface area contributed by atoms with E-state index in [4.69, 9.17) is 0 Å². The number of nitrogens with one attached hydrogen (secondary N) is 1. The smallest absolute Gasteiger partial charge is 0.154 e. The van der Waals surface area contributed by atoms with Gasteiger partial charge in [-0.1, -0.05) is 18.2 Å². The van der Waals surface area contributed by atoms with Crippen molar-refractivity contribution in [3.8, 4) is 0 Å². The molecule has 20 heavy (non-hydrogen) atoms. The molecular formula is C15H22N2O2S. The van der Waals surface area contributed by atoms with Crippen molar-refractivity contribution >= 4 is 20.7 Å². The van der Waals surface area contributed by atoms with E-state index in [0.717, 1.165) is 17.4 Å². The minimum Gasteiger partial charge on any atom is -0.346 e. The molecule has 5 heteroatoms. The molecule has 0 spiro atoms. The number of hydrogen-bond acceptors (Lipinski definition) is 3. The summed E-state index contributed by atoms with van der Waals surface area (Å²) in [6.07, 6.45) is 1.97. The standard InChI is InChI=1S/C15H22N2O2S/c1-12(2)20(18,19)10-9-17-8-7-13-5-4-6-14(11-16-3)15(13)17/h4-8,12,16H,9-11H2,1-3H3. The molecule has 1 N–H and O–H groups in total. The van der Waals surface area contributed by atoms with Crippen LogP contribution in [0.15, 0.2) is 30.5 Å². The third-order valence-corrected chi connectivity index (χ3v) is 5.76. The number of hydrogen-bond donors (Lipinski definition) is 1. The number of aromatic nitrogens is 1. The van der Waals surface area contributed by atoms with Crippen LogP contribution < -0.4 is 5.32 Å². The van der Waals surface area contributed by atoms with Gasteiger partial charge in [0, 0.05) is 19.3 Å². The Kier molecular flexibility index (Phi) is 4.50. The van der Waals surface area contributed by atoms with Gasteiger partial charge in [-0.2, -0.15) is 0 Å². The van der Waals surface area contributed by atoms with E-state index in [-0.39, 0.29) is 11.0 Å². The first-order valence-electron chi connectivity index (χ1n) is 6.88. The largest absolute Gasteiger partial charge is 0.346 e. The van der Waals surface area contributed by atoms with Gasteiger partial charge in [0.2, 0.25) is 0 Å². The van der Waals surface area contributed by atoms with Gasteiger partial charge < -0.3 is 9.88 Å². The molecule has 110 valence electrons. The van der Waals surface area contributed by atoms with Crippen LogP contribution in [0.5, 0.6) is 0 Å². The lowest BCUT2D eigenvalue weighted by atomic mass is 10.1. The molecule has 0 aliphatic rings. The minimum absolute atomic E-state index is 0.183. The summed E-state index contributed by atoms with van der Waals surface area (Å²) in [7, 11) is -1.09. The average molecular weight is 294 g/mol. The monoisotopic (exact) mass is 294 g/mol. The first-order chi connectivity index (χ1) is 9.45. The zero-order valence-corrected chi connectivity index (χ0v) is 13.1. The van der Waals surface area contributed by atoms with Crippen molar-refractivity contribution in [2.45, 2.75) is 32.2 Å². The van der Waals surface area contributed by atoms with E-state index in [0.29, 0.717) is 6.54 Å². The van der Waals surface area contributed by atoms with Crippen LogP contribution >= 0.6 is 0 Å². The minimum atomic E-state index is -3.00. The lowest BCUT2D eigenvalue weighted by molar-refractivity contribution is 0.581. The Bertz CT molecular complexity index is 687. The number of sulfone groups is 1. The van der Waals surface area contributed by atoms with Gasteiger partial charge >= 0.3 is 0 Å². The van der Waals surface area contributed by atoms with Crippen LogP contribution in [0.2, 0.25) is 0 Å². The summed E-state index contributed by atoms with van der Waals surface area (Å²) in [5, 5.41) is 3.99. The number of benzene rings is 1. The van der Waals surface area contributed by atoms with E-state index in [2.05, 4.69) is 17.4 Å². The van der Waals surface area contributed by atoms with Gasteiger partial charge in [0.05, 0.1) is 16.5 Å². The lowest BCUT2D eigenvalue weighted by Crippen LogP contribution is -2.21. The quantitative estimate of drug-likeness (QED) is 0.888. The molecule has 1 heterocycles. The zero-order valence-electron chi connectivity index (χ0n) is 12.3. The summed E-state index contributed by atoms with van der Waals surface area (Å²) in [6.45, 7) is 4.74. The van der Waals surface area contributed by atoms with E-state index in [1.807, 2.05) is 29.9 Å². The number of fused-ring (bicyclic) bond motifs is 1. The maximum atomic E-state index is 11.9. The van der Waals surface area contributed by atoms with Crippen molar-refractivity contribution < 1.29 is 8.42 Å². The molecule has 0 fully saturated rings. The fourth-order valence-corrected chi connectivity index (χ4v) is 3.24. The van der Waals surface area contributed by atoms with Crippen molar-refractivity contribution in [1.82, 2.24) is 9.88 Å². The van der Waals surface area contributed by atoms with Gasteiger partial charge in [-0.05, 0) is 37.9 Å². The Balaban J connectivity index is 2.31. The molecule has 0 aliphatic heterocycles. The Morgan fingerprint density at radius 2 is 2.00 bits per heavy atom. The SMILES string of the molecule is CNCc1cccc2ccn(CCS(=O)(=O)C(C)C)c12. The molecule has 0 atom stereocenters. The molecular weight excluding hydrogens is 272 g/mol. The van der Waals surface area contributed by atoms with Crippen molar-refractivity contribution in [2.75, 3.05) is 12.8 Å². The molecule has 2 rings (SSSR count). The molecule has 0 amide bonds. The molecule has 4 nitrogen and oxygen atoms in total. The number of aryl methyl sites for hydroxylation is 1. The van der Waals surface area contributed by atoms with E-state index < -0.39 is 9.84 Å². The van der Waals surface area contributed by atoms with E-state index in [1.165, 1.54) is 5.56 Å². The summed E-state index contributed by atoms with van der Waals surface area (Å²) in [4.78, 5) is 0. The Morgan fingerprint density at radius 1 is 1.25 bits per heavy atom. The van der Waals surface area contributed by atoms with Crippen molar-refractivity contribution in [3.05, 3.63) is 36.0 Å². The Labute approximate surface area is 120 Å². The van der Waals surface area contributed by atoms with Crippen LogP contribution in [0, 0.1) is 0 Å². The summed E-state index contributed by atoms with van der Waals surface area (Å²) in [5.41, 5.74) is 2.32. The zero-order chi connectivity index (χ0) is 14.8. The first kappa shape index (κ1) is 15.1. The summed E-state index contributed by atoms with van der Waals surface area (Å²) >= 11 is 0. The Morgan fingerprint density at radius 3 is 2.65 bits per heavy atom. The number of rotatable bonds is 6. The fourth-order valence-electron chi connectivity index (χ4n) is 2.32. The molecule has 0 bridgehead atoms. The normalized spacial score (nSPS) is 12.4. The predicted octanol–water partition coefficient (Wildman–Crippen LogP) is 2.18. The highest BCUT2D eigenvalue weighted by molar-refractivity contribution is 7.91. The maximum absolute atomic E-state index is 11.9. The number of nitrogens with zero attached hydrogens (tertiary/aromatic N) is 1. The first-order valence-corrected chi connectivity index (χ1v) is 8.60. The molecule has 0 aliphatic carbocycles. The van der Waals surface area contributed by atoms with Crippen LogP contribution in [0.4, 0.5) is 0 Å². The van der Waals surface area contributed by atoms with Gasteiger partial charge in [-0.25, -0.2) is 8.42 Å². The van der Waals surface area contributed by atoms with Crippen LogP contribution in [0.25, 0.3) is 10.9 Å². The highest BCUT2D eigenvalue weighted by Gasteiger charge is 2.16. The lowest BCUT2D eigenvalue weighted by Gasteiger charge is -2.11. The molecule has 0 radical (unpaired) electrons. The second-order valence-corrected chi connectivity index (χ2v) is 7.99. The Hall–Kier alpha value is -1.33. The molecule has 1 aromatic carbocycles. The average Bonchev–Trinajstić information content (AvgIpc) is 2.81. The van der Waals surface area contributed by atoms with E-state index >= 15 is 0 Å². The van der Waals surface area contributed by atoms with Crippen LogP contribution in [-0.2, 0) is 22.9 Å². The molecule has 0 saturated heterocycles. The summed E-state index contributed by atoms with van der Waals surface area (Å²) in [6, 6.07) is 8.20. The van der Waals surface area contributed by atoms with Crippen molar-refractivity contribution in [2.24, 2.45) is 0 Å². The highest BCUT2D eigenvalue weighted by Crippen LogP contribution is 2.20. The van der Waals surface area contributed by atoms with Gasteiger partial charge in [0.1, 0.15) is 0 Å². The third kappa shape index (κ3) is 3.04. The highest BCUT2D eigenvalue weighted by atomic mass is 32.2. The number of para-hydroxylation sites is 1. The second kappa shape index (κ2) is 5.97. The van der Waals surface area contributed by atoms with Crippen LogP contribution in [-0.4, -0.2) is 31.0 Å². The van der Waals surface area contributed by atoms with Gasteiger partial charge in [0.15, 0.2) is 9.84 Å². The second-order valence-electron chi connectivity index (χ2n) is 5.31. The molecule has 0 saturated carbocycles. The van der Waals surface area contributed by atoms with Crippen molar-refractivity contribution in [3.63, 3.8) is 0 Å². The van der Waals surface area contributed by atoms with Gasteiger partial charge in [-0.15, -0.1) is 0 Å². The topological polar surface area (TPSA) is 51.1 Å². The van der Waals surface area contributed by atoms with Crippen LogP contribution in [0.3, 0.4) is 0 Å². The summed E-state index contributed by atoms with van der Waals surface area (Å²) in [5.74, 6) is 0.183. The van der Waals surface area contributed by atoms with Gasteiger partial charge in [0.25, 0.3) is 0 Å². The summed E-state index contributed by atoms with van der Waals surface area (Å²) < 4.78 is 25.9. The van der Waals surface area contributed by atoms with Crippen LogP contribution in [0.1, 0.15) is 19.4 Å². The van der Waals surface area contributed by atoms with Crippen molar-refractivity contribution in [1.29, 1.82) is 0 Å². The fraction of sp³-hybridized carbons (Fsp3) is 0.467. The van der Waals surface area contributed by atoms with E-state index in [9.17, 15) is 8.42 Å². The van der Waals surface area contributed by atoms with E-state index in [1.54, 1.807) is 13.8 Å². The molecule has 1 aromatic heterocycles. The predicted molar refractivity (Wildman–Crippen MR) is 83.6 cm³/mol. The van der Waals surface area contributed by atoms with Gasteiger partial charge in [-0.3, -0.25) is 0 Å².